The minimum absolute atomic E-state index is 0.276. The zero-order valence-corrected chi connectivity index (χ0v) is 10.7. The Bertz CT molecular complexity index is 264. The highest BCUT2D eigenvalue weighted by atomic mass is 16.5. The fourth-order valence-electron chi connectivity index (χ4n) is 3.21. The van der Waals surface area contributed by atoms with Gasteiger partial charge in [0.05, 0.1) is 0 Å². The van der Waals surface area contributed by atoms with Gasteiger partial charge in [0.2, 0.25) is 0 Å². The van der Waals surface area contributed by atoms with Crippen LogP contribution in [0.1, 0.15) is 46.0 Å². The van der Waals surface area contributed by atoms with E-state index in [1.165, 1.54) is 25.7 Å². The van der Waals surface area contributed by atoms with E-state index in [9.17, 15) is 0 Å². The first kappa shape index (κ1) is 12.1. The second-order valence-electron chi connectivity index (χ2n) is 6.29. The first-order valence-corrected chi connectivity index (χ1v) is 6.58. The van der Waals surface area contributed by atoms with E-state index in [1.54, 1.807) is 5.57 Å². The molecule has 2 nitrogen and oxygen atoms in total. The maximum atomic E-state index is 6.10. The van der Waals surface area contributed by atoms with Crippen LogP contribution < -0.4 is 5.73 Å². The summed E-state index contributed by atoms with van der Waals surface area (Å²) in [7, 11) is 0. The molecule has 0 amide bonds. The Morgan fingerprint density at radius 3 is 2.69 bits per heavy atom. The molecule has 0 aromatic rings. The smallest absolute Gasteiger partial charge is 0.0468 e. The minimum Gasteiger partial charge on any atom is -0.381 e. The van der Waals surface area contributed by atoms with Gasteiger partial charge in [-0.05, 0) is 43.4 Å². The van der Waals surface area contributed by atoms with E-state index in [2.05, 4.69) is 19.9 Å². The topological polar surface area (TPSA) is 35.2 Å². The predicted molar refractivity (Wildman–Crippen MR) is 67.2 cm³/mol. The molecule has 1 heterocycles. The van der Waals surface area contributed by atoms with Crippen LogP contribution in [0, 0.1) is 11.3 Å². The van der Waals surface area contributed by atoms with Crippen molar-refractivity contribution in [2.24, 2.45) is 17.1 Å². The summed E-state index contributed by atoms with van der Waals surface area (Å²) in [6, 6.07) is 0.276. The molecule has 0 bridgehead atoms. The van der Waals surface area contributed by atoms with Crippen LogP contribution in [0.25, 0.3) is 0 Å². The van der Waals surface area contributed by atoms with Crippen molar-refractivity contribution in [3.8, 4) is 0 Å². The average Bonchev–Trinajstić information content (AvgIpc) is 2.15. The van der Waals surface area contributed by atoms with Crippen molar-refractivity contribution in [3.05, 3.63) is 11.6 Å². The molecule has 1 fully saturated rings. The van der Waals surface area contributed by atoms with Gasteiger partial charge >= 0.3 is 0 Å². The Hall–Kier alpha value is -0.340. The third-order valence-corrected chi connectivity index (χ3v) is 3.84. The van der Waals surface area contributed by atoms with Gasteiger partial charge in [-0.2, -0.15) is 0 Å². The number of hydrogen-bond donors (Lipinski definition) is 1. The first-order valence-electron chi connectivity index (χ1n) is 6.58. The predicted octanol–water partition coefficient (Wildman–Crippen LogP) is 2.88. The van der Waals surface area contributed by atoms with Crippen molar-refractivity contribution in [1.29, 1.82) is 0 Å². The van der Waals surface area contributed by atoms with Crippen LogP contribution in [0.4, 0.5) is 0 Å². The first-order chi connectivity index (χ1) is 7.55. The molecule has 1 aliphatic carbocycles. The SMILES string of the molecule is CC1(C)CC(CC2CCOCC2)=CC(N)C1. The molecule has 1 unspecified atom stereocenters. The summed E-state index contributed by atoms with van der Waals surface area (Å²) in [6.45, 7) is 6.58. The van der Waals surface area contributed by atoms with Gasteiger partial charge in [-0.3, -0.25) is 0 Å². The largest absolute Gasteiger partial charge is 0.381 e. The summed E-state index contributed by atoms with van der Waals surface area (Å²) in [5.41, 5.74) is 8.10. The normalized spacial score (nSPS) is 31.2. The maximum absolute atomic E-state index is 6.10. The van der Waals surface area contributed by atoms with E-state index in [4.69, 9.17) is 10.5 Å². The second kappa shape index (κ2) is 4.89. The van der Waals surface area contributed by atoms with Gasteiger partial charge in [0.15, 0.2) is 0 Å². The zero-order valence-electron chi connectivity index (χ0n) is 10.7. The quantitative estimate of drug-likeness (QED) is 0.731. The van der Waals surface area contributed by atoms with Gasteiger partial charge in [-0.1, -0.05) is 25.5 Å². The van der Waals surface area contributed by atoms with Crippen LogP contribution in [0.15, 0.2) is 11.6 Å². The van der Waals surface area contributed by atoms with Gasteiger partial charge in [-0.15, -0.1) is 0 Å². The summed E-state index contributed by atoms with van der Waals surface area (Å²) >= 11 is 0. The summed E-state index contributed by atoms with van der Waals surface area (Å²) < 4.78 is 5.41. The molecular formula is C14H25NO. The fourth-order valence-corrected chi connectivity index (χ4v) is 3.21. The van der Waals surface area contributed by atoms with Gasteiger partial charge < -0.3 is 10.5 Å². The van der Waals surface area contributed by atoms with E-state index >= 15 is 0 Å². The molecule has 2 rings (SSSR count). The van der Waals surface area contributed by atoms with Crippen LogP contribution in [-0.2, 0) is 4.74 Å². The van der Waals surface area contributed by atoms with Crippen LogP contribution in [0.3, 0.4) is 0 Å². The molecule has 2 N–H and O–H groups in total. The molecule has 16 heavy (non-hydrogen) atoms. The molecule has 1 saturated heterocycles. The highest BCUT2D eigenvalue weighted by Crippen LogP contribution is 2.38. The van der Waals surface area contributed by atoms with Crippen molar-refractivity contribution < 1.29 is 4.74 Å². The molecule has 1 atom stereocenters. The number of rotatable bonds is 2. The Balaban J connectivity index is 1.93. The lowest BCUT2D eigenvalue weighted by atomic mass is 9.73. The van der Waals surface area contributed by atoms with E-state index < -0.39 is 0 Å². The van der Waals surface area contributed by atoms with E-state index in [0.29, 0.717) is 5.41 Å². The van der Waals surface area contributed by atoms with Gasteiger partial charge in [0, 0.05) is 19.3 Å². The molecule has 2 aliphatic rings. The number of nitrogens with two attached hydrogens (primary N) is 1. The molecule has 0 spiro atoms. The standard InChI is InChI=1S/C14H25NO/c1-14(2)9-12(8-13(15)10-14)7-11-3-5-16-6-4-11/h8,11,13H,3-7,9-10,15H2,1-2H3. The summed E-state index contributed by atoms with van der Waals surface area (Å²) in [4.78, 5) is 0. The lowest BCUT2D eigenvalue weighted by Gasteiger charge is -2.35. The highest BCUT2D eigenvalue weighted by Gasteiger charge is 2.28. The summed E-state index contributed by atoms with van der Waals surface area (Å²) in [5, 5.41) is 0. The van der Waals surface area contributed by atoms with Gasteiger partial charge in [-0.25, -0.2) is 0 Å². The lowest BCUT2D eigenvalue weighted by Crippen LogP contribution is -2.31. The maximum Gasteiger partial charge on any atom is 0.0468 e. The highest BCUT2D eigenvalue weighted by molar-refractivity contribution is 5.14. The van der Waals surface area contributed by atoms with Gasteiger partial charge in [0.25, 0.3) is 0 Å². The van der Waals surface area contributed by atoms with Crippen LogP contribution in [0.2, 0.25) is 0 Å². The molecule has 0 radical (unpaired) electrons. The van der Waals surface area contributed by atoms with Crippen LogP contribution in [-0.4, -0.2) is 19.3 Å². The van der Waals surface area contributed by atoms with Crippen molar-refractivity contribution in [2.45, 2.75) is 52.0 Å². The van der Waals surface area contributed by atoms with Crippen LogP contribution >= 0.6 is 0 Å². The lowest BCUT2D eigenvalue weighted by molar-refractivity contribution is 0.0656. The van der Waals surface area contributed by atoms with Crippen molar-refractivity contribution in [1.82, 2.24) is 0 Å². The third-order valence-electron chi connectivity index (χ3n) is 3.84. The van der Waals surface area contributed by atoms with Crippen molar-refractivity contribution >= 4 is 0 Å². The van der Waals surface area contributed by atoms with Crippen molar-refractivity contribution in [3.63, 3.8) is 0 Å². The zero-order chi connectivity index (χ0) is 11.6. The molecule has 0 aromatic carbocycles. The molecule has 1 aliphatic heterocycles. The molecule has 92 valence electrons. The van der Waals surface area contributed by atoms with Gasteiger partial charge in [0.1, 0.15) is 0 Å². The van der Waals surface area contributed by atoms with E-state index in [0.717, 1.165) is 25.6 Å². The number of ether oxygens (including phenoxy) is 1. The fraction of sp³-hybridized carbons (Fsp3) is 0.857. The Morgan fingerprint density at radius 1 is 1.38 bits per heavy atom. The van der Waals surface area contributed by atoms with Crippen LogP contribution in [0.5, 0.6) is 0 Å². The van der Waals surface area contributed by atoms with E-state index in [-0.39, 0.29) is 6.04 Å². The monoisotopic (exact) mass is 223 g/mol. The Kier molecular flexibility index (Phi) is 3.70. The summed E-state index contributed by atoms with van der Waals surface area (Å²) in [5.74, 6) is 0.834. The average molecular weight is 223 g/mol. The molecule has 0 saturated carbocycles. The minimum atomic E-state index is 0.276. The van der Waals surface area contributed by atoms with E-state index in [1.807, 2.05) is 0 Å². The molecular weight excluding hydrogens is 198 g/mol. The number of allylic oxidation sites excluding steroid dienone is 1. The molecule has 0 aromatic heterocycles. The Morgan fingerprint density at radius 2 is 2.06 bits per heavy atom. The molecule has 2 heteroatoms. The third kappa shape index (κ3) is 3.33. The number of hydrogen-bond acceptors (Lipinski definition) is 2. The van der Waals surface area contributed by atoms with Crippen molar-refractivity contribution in [2.75, 3.05) is 13.2 Å². The second-order valence-corrected chi connectivity index (χ2v) is 6.29. The Labute approximate surface area is 99.2 Å². The summed E-state index contributed by atoms with van der Waals surface area (Å²) in [6.07, 6.45) is 8.39.